The Morgan fingerprint density at radius 2 is 1.35 bits per heavy atom. The Kier molecular flexibility index (Phi) is 6.20. The Balaban J connectivity index is 1.48. The number of carbonyl (C=O) groups excluding carboxylic acids is 3. The van der Waals surface area contributed by atoms with Crippen LogP contribution in [0.3, 0.4) is 0 Å². The highest BCUT2D eigenvalue weighted by Crippen LogP contribution is 2.36. The van der Waals surface area contributed by atoms with Crippen LogP contribution in [0.2, 0.25) is 0 Å². The molecule has 8 heteroatoms. The molecule has 0 saturated heterocycles. The summed E-state index contributed by atoms with van der Waals surface area (Å²) in [5.74, 6) is -2.00. The average Bonchev–Trinajstić information content (AvgIpc) is 3.24. The fourth-order valence-corrected chi connectivity index (χ4v) is 4.77. The minimum absolute atomic E-state index is 0.0221. The van der Waals surface area contributed by atoms with Gasteiger partial charge in [0, 0.05) is 5.56 Å². The molecule has 0 aliphatic carbocycles. The van der Waals surface area contributed by atoms with Crippen LogP contribution in [0.1, 0.15) is 32.3 Å². The third-order valence-corrected chi connectivity index (χ3v) is 6.73. The zero-order valence-electron chi connectivity index (χ0n) is 21.2. The normalized spacial score (nSPS) is 13.3. The number of hydrogen-bond donors (Lipinski definition) is 0. The van der Waals surface area contributed by atoms with Gasteiger partial charge in [-0.25, -0.2) is 4.79 Å². The Morgan fingerprint density at radius 1 is 0.750 bits per heavy atom. The maximum Gasteiger partial charge on any atom is 0.339 e. The molecule has 0 bridgehead atoms. The molecule has 1 atom stereocenters. The van der Waals surface area contributed by atoms with Crippen molar-refractivity contribution in [3.8, 4) is 22.8 Å². The van der Waals surface area contributed by atoms with Gasteiger partial charge < -0.3 is 13.9 Å². The van der Waals surface area contributed by atoms with E-state index in [0.717, 1.165) is 4.90 Å². The second-order valence-electron chi connectivity index (χ2n) is 9.07. The summed E-state index contributed by atoms with van der Waals surface area (Å²) in [5, 5.41) is 0.208. The molecule has 2 amide bonds. The van der Waals surface area contributed by atoms with Crippen molar-refractivity contribution in [1.82, 2.24) is 4.90 Å². The van der Waals surface area contributed by atoms with Crippen molar-refractivity contribution in [3.63, 3.8) is 0 Å². The highest BCUT2D eigenvalue weighted by atomic mass is 16.5. The number of ether oxygens (including phenoxy) is 2. The summed E-state index contributed by atoms with van der Waals surface area (Å²) in [4.78, 5) is 55.2. The van der Waals surface area contributed by atoms with E-state index in [1.165, 1.54) is 19.2 Å². The summed E-state index contributed by atoms with van der Waals surface area (Å²) < 4.78 is 17.1. The number of hydrogen-bond acceptors (Lipinski definition) is 7. The lowest BCUT2D eigenvalue weighted by molar-refractivity contribution is -0.139. The lowest BCUT2D eigenvalue weighted by atomic mass is 10.1. The van der Waals surface area contributed by atoms with E-state index in [2.05, 4.69) is 0 Å². The van der Waals surface area contributed by atoms with Gasteiger partial charge in [0.2, 0.25) is 11.2 Å². The SMILES string of the molecule is COc1ccc(-c2oc3ccccc3c(=O)c2OC(=O)C(c2ccccc2)N2C(=O)c3ccccc3C2=O)cc1. The van der Waals surface area contributed by atoms with Gasteiger partial charge in [-0.3, -0.25) is 19.3 Å². The van der Waals surface area contributed by atoms with Gasteiger partial charge in [-0.1, -0.05) is 54.6 Å². The summed E-state index contributed by atoms with van der Waals surface area (Å²) in [6, 6.07) is 26.5. The van der Waals surface area contributed by atoms with E-state index < -0.39 is 29.3 Å². The van der Waals surface area contributed by atoms with Crippen molar-refractivity contribution >= 4 is 28.8 Å². The first-order valence-electron chi connectivity index (χ1n) is 12.4. The average molecular weight is 532 g/mol. The Hall–Kier alpha value is -5.50. The van der Waals surface area contributed by atoms with E-state index in [9.17, 15) is 19.2 Å². The van der Waals surface area contributed by atoms with Crippen LogP contribution >= 0.6 is 0 Å². The van der Waals surface area contributed by atoms with Crippen LogP contribution in [-0.2, 0) is 4.79 Å². The molecule has 2 heterocycles. The van der Waals surface area contributed by atoms with Crippen LogP contribution < -0.4 is 14.9 Å². The van der Waals surface area contributed by atoms with E-state index >= 15 is 0 Å². The van der Waals surface area contributed by atoms with E-state index in [1.807, 2.05) is 0 Å². The number of amides is 2. The number of nitrogens with zero attached hydrogens (tertiary/aromatic N) is 1. The molecular weight excluding hydrogens is 510 g/mol. The standard InChI is InChI=1S/C32H21NO7/c1-38-21-17-15-20(16-18-21)28-29(27(34)24-13-7-8-14-25(24)39-28)40-32(37)26(19-9-3-2-4-10-19)33-30(35)22-11-5-6-12-23(22)31(33)36/h2-18,26H,1H3. The molecule has 4 aromatic carbocycles. The van der Waals surface area contributed by atoms with Gasteiger partial charge >= 0.3 is 5.97 Å². The molecule has 1 unspecified atom stereocenters. The van der Waals surface area contributed by atoms with Crippen LogP contribution in [-0.4, -0.2) is 29.8 Å². The maximum atomic E-state index is 13.9. The number of imide groups is 1. The largest absolute Gasteiger partial charge is 0.497 e. The molecule has 196 valence electrons. The molecule has 6 rings (SSSR count). The van der Waals surface area contributed by atoms with Crippen molar-refractivity contribution in [1.29, 1.82) is 0 Å². The summed E-state index contributed by atoms with van der Waals surface area (Å²) >= 11 is 0. The molecule has 1 aromatic heterocycles. The zero-order valence-corrected chi connectivity index (χ0v) is 21.2. The number of rotatable bonds is 6. The summed E-state index contributed by atoms with van der Waals surface area (Å²) in [6.07, 6.45) is 0. The monoisotopic (exact) mass is 531 g/mol. The number of benzene rings is 4. The van der Waals surface area contributed by atoms with Gasteiger partial charge in [0.25, 0.3) is 11.8 Å². The number of fused-ring (bicyclic) bond motifs is 2. The maximum absolute atomic E-state index is 13.9. The molecule has 0 spiro atoms. The van der Waals surface area contributed by atoms with Crippen molar-refractivity contribution in [2.75, 3.05) is 7.11 Å². The highest BCUT2D eigenvalue weighted by molar-refractivity contribution is 6.22. The number of esters is 1. The van der Waals surface area contributed by atoms with Crippen LogP contribution in [0.25, 0.3) is 22.3 Å². The number of para-hydroxylation sites is 1. The second kappa shape index (κ2) is 9.99. The van der Waals surface area contributed by atoms with E-state index in [0.29, 0.717) is 22.5 Å². The highest BCUT2D eigenvalue weighted by Gasteiger charge is 2.44. The molecular formula is C32H21NO7. The van der Waals surface area contributed by atoms with Gasteiger partial charge in [-0.05, 0) is 54.1 Å². The van der Waals surface area contributed by atoms with Gasteiger partial charge in [-0.2, -0.15) is 0 Å². The van der Waals surface area contributed by atoms with Crippen LogP contribution in [0.5, 0.6) is 11.5 Å². The third-order valence-electron chi connectivity index (χ3n) is 6.73. The number of carbonyl (C=O) groups is 3. The van der Waals surface area contributed by atoms with Gasteiger partial charge in [0.05, 0.1) is 23.6 Å². The van der Waals surface area contributed by atoms with Crippen molar-refractivity contribution in [2.45, 2.75) is 6.04 Å². The van der Waals surface area contributed by atoms with Crippen LogP contribution in [0, 0.1) is 0 Å². The fourth-order valence-electron chi connectivity index (χ4n) is 4.77. The van der Waals surface area contributed by atoms with Gasteiger partial charge in [0.1, 0.15) is 11.3 Å². The first-order chi connectivity index (χ1) is 19.5. The predicted octanol–water partition coefficient (Wildman–Crippen LogP) is 5.41. The van der Waals surface area contributed by atoms with Crippen molar-refractivity contribution in [2.24, 2.45) is 0 Å². The Labute approximate surface area is 228 Å². The zero-order chi connectivity index (χ0) is 27.8. The Morgan fingerprint density at radius 3 is 2.00 bits per heavy atom. The fraction of sp³-hybridized carbons (Fsp3) is 0.0625. The quantitative estimate of drug-likeness (QED) is 0.213. The molecule has 1 aliphatic heterocycles. The smallest absolute Gasteiger partial charge is 0.339 e. The number of methoxy groups -OCH3 is 1. The van der Waals surface area contributed by atoms with Crippen LogP contribution in [0.15, 0.2) is 112 Å². The predicted molar refractivity (Wildman–Crippen MR) is 146 cm³/mol. The lowest BCUT2D eigenvalue weighted by Gasteiger charge is -2.25. The molecule has 5 aromatic rings. The third kappa shape index (κ3) is 4.12. The minimum Gasteiger partial charge on any atom is -0.497 e. The molecule has 0 radical (unpaired) electrons. The van der Waals surface area contributed by atoms with Crippen LogP contribution in [0.4, 0.5) is 0 Å². The second-order valence-corrected chi connectivity index (χ2v) is 9.07. The Bertz CT molecular complexity index is 1810. The summed E-state index contributed by atoms with van der Waals surface area (Å²) in [6.45, 7) is 0. The van der Waals surface area contributed by atoms with Crippen molar-refractivity contribution in [3.05, 3.63) is 130 Å². The molecule has 8 nitrogen and oxygen atoms in total. The molecule has 1 aliphatic rings. The summed E-state index contributed by atoms with van der Waals surface area (Å²) in [5.41, 5.74) is 0.908. The van der Waals surface area contributed by atoms with E-state index in [4.69, 9.17) is 13.9 Å². The molecule has 0 fully saturated rings. The van der Waals surface area contributed by atoms with Gasteiger partial charge in [-0.15, -0.1) is 0 Å². The first kappa shape index (κ1) is 24.8. The molecule has 0 N–H and O–H groups in total. The molecule has 0 saturated carbocycles. The topological polar surface area (TPSA) is 103 Å². The molecule has 40 heavy (non-hydrogen) atoms. The minimum atomic E-state index is -1.46. The first-order valence-corrected chi connectivity index (χ1v) is 12.4. The summed E-state index contributed by atoms with van der Waals surface area (Å²) in [7, 11) is 1.53. The van der Waals surface area contributed by atoms with E-state index in [-0.39, 0.29) is 28.0 Å². The van der Waals surface area contributed by atoms with Gasteiger partial charge in [0.15, 0.2) is 11.8 Å². The van der Waals surface area contributed by atoms with E-state index in [1.54, 1.807) is 91.0 Å². The van der Waals surface area contributed by atoms with Crippen molar-refractivity contribution < 1.29 is 28.3 Å². The lowest BCUT2D eigenvalue weighted by Crippen LogP contribution is -2.40.